The first kappa shape index (κ1) is 18.2. The van der Waals surface area contributed by atoms with Crippen LogP contribution in [0.5, 0.6) is 5.75 Å². The van der Waals surface area contributed by atoms with Crippen LogP contribution in [0.15, 0.2) is 18.2 Å². The summed E-state index contributed by atoms with van der Waals surface area (Å²) in [6.07, 6.45) is 2.62. The summed E-state index contributed by atoms with van der Waals surface area (Å²) >= 11 is 0. The number of likely N-dealkylation sites (tertiary alicyclic amines) is 1. The van der Waals surface area contributed by atoms with Gasteiger partial charge in [0.2, 0.25) is 5.91 Å². The fourth-order valence-electron chi connectivity index (χ4n) is 3.92. The first-order valence-electron chi connectivity index (χ1n) is 9.31. The van der Waals surface area contributed by atoms with Crippen LogP contribution in [0.3, 0.4) is 0 Å². The SMILES string of the molecule is Cc1ccc(C)c(OCCC(=O)N2CCC[C@@H]2[C@H]2COCC[C@@H]2O)c1. The molecule has 0 aliphatic carbocycles. The summed E-state index contributed by atoms with van der Waals surface area (Å²) in [5, 5.41) is 10.3. The molecule has 0 saturated carbocycles. The zero-order chi connectivity index (χ0) is 17.8. The van der Waals surface area contributed by atoms with Crippen LogP contribution in [0.2, 0.25) is 0 Å². The Labute approximate surface area is 149 Å². The van der Waals surface area contributed by atoms with Gasteiger partial charge in [-0.1, -0.05) is 12.1 Å². The van der Waals surface area contributed by atoms with E-state index in [-0.39, 0.29) is 24.0 Å². The van der Waals surface area contributed by atoms with E-state index in [1.165, 1.54) is 0 Å². The summed E-state index contributed by atoms with van der Waals surface area (Å²) in [4.78, 5) is 14.6. The molecule has 2 aliphatic rings. The molecule has 0 aromatic heterocycles. The third-order valence-corrected chi connectivity index (χ3v) is 5.39. The highest BCUT2D eigenvalue weighted by atomic mass is 16.5. The topological polar surface area (TPSA) is 59.0 Å². The Morgan fingerprint density at radius 3 is 3.00 bits per heavy atom. The van der Waals surface area contributed by atoms with Crippen LogP contribution in [0.1, 0.15) is 36.8 Å². The van der Waals surface area contributed by atoms with Gasteiger partial charge >= 0.3 is 0 Å². The molecule has 1 amide bonds. The second-order valence-electron chi connectivity index (χ2n) is 7.26. The summed E-state index contributed by atoms with van der Waals surface area (Å²) in [5.74, 6) is 1.01. The van der Waals surface area contributed by atoms with E-state index < -0.39 is 0 Å². The Morgan fingerprint density at radius 1 is 1.36 bits per heavy atom. The fourth-order valence-corrected chi connectivity index (χ4v) is 3.92. The third kappa shape index (κ3) is 4.33. The predicted molar refractivity (Wildman–Crippen MR) is 95.7 cm³/mol. The Morgan fingerprint density at radius 2 is 2.20 bits per heavy atom. The van der Waals surface area contributed by atoms with Crippen molar-refractivity contribution in [3.63, 3.8) is 0 Å². The molecule has 0 unspecified atom stereocenters. The van der Waals surface area contributed by atoms with Gasteiger partial charge in [0, 0.05) is 25.1 Å². The van der Waals surface area contributed by atoms with Crippen molar-refractivity contribution < 1.29 is 19.4 Å². The quantitative estimate of drug-likeness (QED) is 0.889. The number of aliphatic hydroxyl groups is 1. The normalized spacial score (nSPS) is 26.7. The van der Waals surface area contributed by atoms with Crippen LogP contribution in [0.4, 0.5) is 0 Å². The Kier molecular flexibility index (Phi) is 5.97. The summed E-state index contributed by atoms with van der Waals surface area (Å²) in [5.41, 5.74) is 2.23. The minimum Gasteiger partial charge on any atom is -0.493 e. The first-order valence-corrected chi connectivity index (χ1v) is 9.31. The highest BCUT2D eigenvalue weighted by Gasteiger charge is 2.39. The van der Waals surface area contributed by atoms with E-state index >= 15 is 0 Å². The Balaban J connectivity index is 1.54. The van der Waals surface area contributed by atoms with E-state index in [1.54, 1.807) is 0 Å². The van der Waals surface area contributed by atoms with Gasteiger partial charge in [-0.2, -0.15) is 0 Å². The number of aliphatic hydroxyl groups excluding tert-OH is 1. The fraction of sp³-hybridized carbons (Fsp3) is 0.650. The molecule has 0 radical (unpaired) electrons. The Bertz CT molecular complexity index is 603. The van der Waals surface area contributed by atoms with Gasteiger partial charge in [-0.15, -0.1) is 0 Å². The number of ether oxygens (including phenoxy) is 2. The maximum Gasteiger partial charge on any atom is 0.226 e. The summed E-state index contributed by atoms with van der Waals surface area (Å²) in [6, 6.07) is 6.20. The molecule has 2 saturated heterocycles. The minimum atomic E-state index is -0.363. The largest absolute Gasteiger partial charge is 0.493 e. The van der Waals surface area contributed by atoms with Crippen molar-refractivity contribution in [2.45, 2.75) is 51.7 Å². The van der Waals surface area contributed by atoms with Crippen molar-refractivity contribution in [2.75, 3.05) is 26.4 Å². The van der Waals surface area contributed by atoms with Crippen LogP contribution in [-0.2, 0) is 9.53 Å². The molecule has 2 fully saturated rings. The van der Waals surface area contributed by atoms with Crippen molar-refractivity contribution in [3.8, 4) is 5.75 Å². The lowest BCUT2D eigenvalue weighted by molar-refractivity contribution is -0.136. The van der Waals surface area contributed by atoms with Crippen molar-refractivity contribution >= 4 is 5.91 Å². The molecule has 1 aromatic rings. The number of hydrogen-bond acceptors (Lipinski definition) is 4. The maximum absolute atomic E-state index is 12.7. The smallest absolute Gasteiger partial charge is 0.226 e. The van der Waals surface area contributed by atoms with Gasteiger partial charge in [0.25, 0.3) is 0 Å². The molecule has 1 N–H and O–H groups in total. The summed E-state index contributed by atoms with van der Waals surface area (Å²) in [7, 11) is 0. The minimum absolute atomic E-state index is 0.0418. The number of aryl methyl sites for hydroxylation is 2. The molecule has 3 rings (SSSR count). The van der Waals surface area contributed by atoms with E-state index in [0.717, 1.165) is 36.3 Å². The molecule has 0 spiro atoms. The van der Waals surface area contributed by atoms with Gasteiger partial charge in [0.05, 0.1) is 25.7 Å². The molecule has 25 heavy (non-hydrogen) atoms. The number of rotatable bonds is 5. The number of hydrogen-bond donors (Lipinski definition) is 1. The van der Waals surface area contributed by atoms with E-state index in [1.807, 2.05) is 30.9 Å². The average molecular weight is 347 g/mol. The highest BCUT2D eigenvalue weighted by molar-refractivity contribution is 5.77. The van der Waals surface area contributed by atoms with E-state index in [9.17, 15) is 9.90 Å². The van der Waals surface area contributed by atoms with Crippen LogP contribution in [0.25, 0.3) is 0 Å². The standard InChI is InChI=1S/C20H29NO4/c1-14-5-6-15(2)19(12-14)25-11-8-20(23)21-9-3-4-17(21)16-13-24-10-7-18(16)22/h5-6,12,16-18,22H,3-4,7-11,13H2,1-2H3/t16-,17-,18+/m1/s1. The van der Waals surface area contributed by atoms with Crippen LogP contribution in [-0.4, -0.2) is 54.4 Å². The number of benzene rings is 1. The number of nitrogens with zero attached hydrogens (tertiary/aromatic N) is 1. The lowest BCUT2D eigenvalue weighted by Crippen LogP contribution is -2.48. The predicted octanol–water partition coefficient (Wildman–Crippen LogP) is 2.46. The summed E-state index contributed by atoms with van der Waals surface area (Å²) < 4.78 is 11.4. The van der Waals surface area contributed by atoms with Gasteiger partial charge in [-0.05, 0) is 50.3 Å². The monoisotopic (exact) mass is 347 g/mol. The van der Waals surface area contributed by atoms with Gasteiger partial charge in [-0.25, -0.2) is 0 Å². The average Bonchev–Trinajstić information content (AvgIpc) is 3.08. The molecular formula is C20H29NO4. The zero-order valence-corrected chi connectivity index (χ0v) is 15.2. The molecule has 5 heteroatoms. The second kappa shape index (κ2) is 8.19. The molecule has 138 valence electrons. The second-order valence-corrected chi connectivity index (χ2v) is 7.26. The molecular weight excluding hydrogens is 318 g/mol. The van der Waals surface area contributed by atoms with Crippen LogP contribution in [0, 0.1) is 19.8 Å². The van der Waals surface area contributed by atoms with Gasteiger partial charge in [0.15, 0.2) is 0 Å². The molecule has 2 heterocycles. The third-order valence-electron chi connectivity index (χ3n) is 5.39. The van der Waals surface area contributed by atoms with Gasteiger partial charge in [0.1, 0.15) is 5.75 Å². The molecule has 5 nitrogen and oxygen atoms in total. The van der Waals surface area contributed by atoms with Crippen LogP contribution >= 0.6 is 0 Å². The van der Waals surface area contributed by atoms with Gasteiger partial charge in [-0.3, -0.25) is 4.79 Å². The van der Waals surface area contributed by atoms with Crippen molar-refractivity contribution in [1.29, 1.82) is 0 Å². The van der Waals surface area contributed by atoms with Crippen LogP contribution < -0.4 is 4.74 Å². The van der Waals surface area contributed by atoms with E-state index in [4.69, 9.17) is 9.47 Å². The molecule has 2 aliphatic heterocycles. The lowest BCUT2D eigenvalue weighted by atomic mass is 9.89. The van der Waals surface area contributed by atoms with Gasteiger partial charge < -0.3 is 19.5 Å². The molecule has 1 aromatic carbocycles. The summed E-state index contributed by atoms with van der Waals surface area (Å²) in [6.45, 7) is 6.37. The molecule has 0 bridgehead atoms. The first-order chi connectivity index (χ1) is 12.1. The van der Waals surface area contributed by atoms with Crippen molar-refractivity contribution in [3.05, 3.63) is 29.3 Å². The number of amides is 1. The number of carbonyl (C=O) groups excluding carboxylic acids is 1. The van der Waals surface area contributed by atoms with E-state index in [0.29, 0.717) is 32.7 Å². The zero-order valence-electron chi connectivity index (χ0n) is 15.2. The lowest BCUT2D eigenvalue weighted by Gasteiger charge is -2.37. The maximum atomic E-state index is 12.7. The van der Waals surface area contributed by atoms with Crippen molar-refractivity contribution in [1.82, 2.24) is 4.90 Å². The van der Waals surface area contributed by atoms with Crippen molar-refractivity contribution in [2.24, 2.45) is 5.92 Å². The highest BCUT2D eigenvalue weighted by Crippen LogP contribution is 2.30. The van der Waals surface area contributed by atoms with E-state index in [2.05, 4.69) is 6.07 Å². The molecule has 3 atom stereocenters. The Hall–Kier alpha value is -1.59. The number of carbonyl (C=O) groups is 1.